The fraction of sp³-hybridized carbons (Fsp3) is 0.646. The van der Waals surface area contributed by atoms with E-state index in [4.69, 9.17) is 33.2 Å². The van der Waals surface area contributed by atoms with E-state index < -0.39 is 72.2 Å². The maximum Gasteiger partial charge on any atom is 0.337 e. The second-order valence-corrected chi connectivity index (χ2v) is 22.0. The molecule has 0 saturated carbocycles. The summed E-state index contributed by atoms with van der Waals surface area (Å²) in [5.41, 5.74) is 1.81. The molecule has 3 aromatic carbocycles. The van der Waals surface area contributed by atoms with Crippen molar-refractivity contribution in [2.24, 2.45) is 5.41 Å². The summed E-state index contributed by atoms with van der Waals surface area (Å²) in [6, 6.07) is 28.1. The number of ether oxygens (including phenoxy) is 7. The summed E-state index contributed by atoms with van der Waals surface area (Å²) in [6.07, 6.45) is 21.9. The molecule has 8 atom stereocenters. The molecular formula is C65H99NO11. The van der Waals surface area contributed by atoms with Gasteiger partial charge in [0.25, 0.3) is 5.91 Å². The van der Waals surface area contributed by atoms with Crippen LogP contribution in [0.3, 0.4) is 0 Å². The first-order valence-corrected chi connectivity index (χ1v) is 29.6. The summed E-state index contributed by atoms with van der Waals surface area (Å²) in [6.45, 7) is 10.1. The number of nitrogens with one attached hydrogen (secondary N) is 1. The molecule has 12 nitrogen and oxygen atoms in total. The summed E-state index contributed by atoms with van der Waals surface area (Å²) in [5.74, 6) is -1.74. The zero-order chi connectivity index (χ0) is 55.4. The van der Waals surface area contributed by atoms with Gasteiger partial charge in [0.2, 0.25) is 0 Å². The molecule has 0 bridgehead atoms. The summed E-state index contributed by atoms with van der Waals surface area (Å²) < 4.78 is 44.1. The number of rotatable bonds is 41. The van der Waals surface area contributed by atoms with E-state index in [-0.39, 0.29) is 26.4 Å². The zero-order valence-corrected chi connectivity index (χ0v) is 48.1. The molecule has 3 aromatic rings. The molecule has 0 spiro atoms. The van der Waals surface area contributed by atoms with E-state index in [9.17, 15) is 19.5 Å². The molecule has 1 aliphatic heterocycles. The number of carbonyl (C=O) groups is 3. The highest BCUT2D eigenvalue weighted by Crippen LogP contribution is 2.30. The second-order valence-electron chi connectivity index (χ2n) is 22.0. The Morgan fingerprint density at radius 2 is 1.06 bits per heavy atom. The average molecular weight is 1070 g/mol. The lowest BCUT2D eigenvalue weighted by molar-refractivity contribution is -0.314. The second kappa shape index (κ2) is 39.0. The lowest BCUT2D eigenvalue weighted by atomic mass is 9.97. The molecule has 0 radical (unpaired) electrons. The van der Waals surface area contributed by atoms with Gasteiger partial charge in [-0.2, -0.15) is 0 Å². The van der Waals surface area contributed by atoms with Crippen LogP contribution in [-0.4, -0.2) is 85.6 Å². The first-order chi connectivity index (χ1) is 37.4. The van der Waals surface area contributed by atoms with Crippen LogP contribution in [0.4, 0.5) is 0 Å². The van der Waals surface area contributed by atoms with Gasteiger partial charge in [-0.3, -0.25) is 9.59 Å². The minimum atomic E-state index is -1.49. The van der Waals surface area contributed by atoms with Gasteiger partial charge in [-0.25, -0.2) is 4.79 Å². The van der Waals surface area contributed by atoms with Gasteiger partial charge in [-0.05, 0) is 63.1 Å². The number of unbranched alkanes of at least 4 members (excludes halogenated alkanes) is 20. The van der Waals surface area contributed by atoms with Gasteiger partial charge in [-0.15, -0.1) is 0 Å². The number of esters is 2. The first kappa shape index (κ1) is 65.1. The standard InChI is InChI=1S/C65H99NO11/c1-7-9-11-13-15-17-19-20-21-23-24-26-37-45-55(72-47-51-39-31-28-32-40-51)54(66-61(68)56(76-64(70)65(3,4)5)46-38-27-25-22-18-16-14-12-10-8-2)50-75-63-60(74-49-53-43-35-30-36-44-53)58(57(67)59(77-63)62(69)71-6)73-48-52-41-33-29-34-42-52/h28-37,39-45,54-60,63,67H,7-27,38,46-50H2,1-6H3,(H,66,68)/b45-37+/t54-,55+,56-,57-,58-,59-,60+,63-/m0/s1. The Balaban J connectivity index is 1.65. The van der Waals surface area contributed by atoms with Crippen molar-refractivity contribution in [2.45, 2.75) is 251 Å². The maximum absolute atomic E-state index is 14.9. The Labute approximate surface area is 464 Å². The molecule has 0 aliphatic carbocycles. The number of aliphatic hydroxyl groups is 1. The van der Waals surface area contributed by atoms with Crippen molar-refractivity contribution in [2.75, 3.05) is 13.7 Å². The molecule has 1 heterocycles. The quantitative estimate of drug-likeness (QED) is 0.0318. The van der Waals surface area contributed by atoms with Crippen LogP contribution in [0.25, 0.3) is 0 Å². The number of benzene rings is 3. The van der Waals surface area contributed by atoms with Crippen LogP contribution in [0.1, 0.15) is 199 Å². The van der Waals surface area contributed by atoms with Gasteiger partial charge in [0.15, 0.2) is 18.5 Å². The van der Waals surface area contributed by atoms with Crippen LogP contribution in [0.15, 0.2) is 103 Å². The number of amides is 1. The molecule has 12 heteroatoms. The van der Waals surface area contributed by atoms with Crippen molar-refractivity contribution in [1.29, 1.82) is 0 Å². The number of allylic oxidation sites excluding steroid dienone is 1. The van der Waals surface area contributed by atoms with Crippen LogP contribution in [-0.2, 0) is 67.4 Å². The van der Waals surface area contributed by atoms with Crippen LogP contribution >= 0.6 is 0 Å². The summed E-state index contributed by atoms with van der Waals surface area (Å²) in [5, 5.41) is 15.1. The molecule has 0 aromatic heterocycles. The lowest BCUT2D eigenvalue weighted by Gasteiger charge is -2.43. The topological polar surface area (TPSA) is 148 Å². The van der Waals surface area contributed by atoms with Crippen molar-refractivity contribution >= 4 is 17.8 Å². The Morgan fingerprint density at radius 1 is 0.610 bits per heavy atom. The minimum Gasteiger partial charge on any atom is -0.467 e. The SMILES string of the molecule is CCCCCCCCCCCCC/C=C/[C@@H](OCc1ccccc1)[C@H](CO[C@H]1O[C@H](C(=O)OC)[C@@H](O)[C@H](OCc2ccccc2)[C@H]1OCc1ccccc1)NC(=O)[C@H](CCCCCCCCCCCC)OC(=O)C(C)(C)C. The molecule has 4 rings (SSSR count). The molecule has 1 aliphatic rings. The maximum atomic E-state index is 14.9. The predicted molar refractivity (Wildman–Crippen MR) is 306 cm³/mol. The monoisotopic (exact) mass is 1070 g/mol. The van der Waals surface area contributed by atoms with E-state index in [1.165, 1.54) is 103 Å². The van der Waals surface area contributed by atoms with Crippen LogP contribution in [0, 0.1) is 5.41 Å². The molecule has 1 fully saturated rings. The highest BCUT2D eigenvalue weighted by Gasteiger charge is 2.51. The van der Waals surface area contributed by atoms with E-state index in [0.717, 1.165) is 55.2 Å². The minimum absolute atomic E-state index is 0.0973. The third-order valence-electron chi connectivity index (χ3n) is 14.2. The average Bonchev–Trinajstić information content (AvgIpc) is 3.44. The number of hydrogen-bond donors (Lipinski definition) is 2. The van der Waals surface area contributed by atoms with Gasteiger partial charge < -0.3 is 43.6 Å². The van der Waals surface area contributed by atoms with Crippen molar-refractivity contribution in [3.8, 4) is 0 Å². The fourth-order valence-corrected chi connectivity index (χ4v) is 9.46. The van der Waals surface area contributed by atoms with E-state index in [1.54, 1.807) is 20.8 Å². The third kappa shape index (κ3) is 26.4. The molecule has 2 N–H and O–H groups in total. The highest BCUT2D eigenvalue weighted by atomic mass is 16.7. The molecule has 1 saturated heterocycles. The number of hydrogen-bond acceptors (Lipinski definition) is 11. The lowest BCUT2D eigenvalue weighted by Crippen LogP contribution is -2.62. The molecule has 77 heavy (non-hydrogen) atoms. The normalized spacial score (nSPS) is 18.9. The zero-order valence-electron chi connectivity index (χ0n) is 48.1. The Bertz CT molecular complexity index is 2010. The van der Waals surface area contributed by atoms with Crippen molar-refractivity contribution in [1.82, 2.24) is 5.32 Å². The van der Waals surface area contributed by atoms with Crippen molar-refractivity contribution < 1.29 is 52.6 Å². The van der Waals surface area contributed by atoms with Gasteiger partial charge in [-0.1, -0.05) is 239 Å². The Morgan fingerprint density at radius 3 is 1.55 bits per heavy atom. The Kier molecular flexibility index (Phi) is 33.0. The van der Waals surface area contributed by atoms with E-state index in [1.807, 2.05) is 97.1 Å². The van der Waals surface area contributed by atoms with Gasteiger partial charge in [0, 0.05) is 0 Å². The van der Waals surface area contributed by atoms with Gasteiger partial charge in [0.05, 0.1) is 51.1 Å². The number of aliphatic hydroxyl groups excluding tert-OH is 1. The van der Waals surface area contributed by atoms with Gasteiger partial charge >= 0.3 is 11.9 Å². The summed E-state index contributed by atoms with van der Waals surface area (Å²) in [7, 11) is 1.23. The van der Waals surface area contributed by atoms with E-state index >= 15 is 0 Å². The molecule has 430 valence electrons. The molecular weight excluding hydrogens is 971 g/mol. The van der Waals surface area contributed by atoms with E-state index in [0.29, 0.717) is 12.8 Å². The van der Waals surface area contributed by atoms with Crippen LogP contribution < -0.4 is 5.32 Å². The largest absolute Gasteiger partial charge is 0.467 e. The molecule has 1 amide bonds. The van der Waals surface area contributed by atoms with Crippen molar-refractivity contribution in [3.63, 3.8) is 0 Å². The van der Waals surface area contributed by atoms with Gasteiger partial charge in [0.1, 0.15) is 18.3 Å². The van der Waals surface area contributed by atoms with Crippen LogP contribution in [0.2, 0.25) is 0 Å². The number of carbonyl (C=O) groups excluding carboxylic acids is 3. The smallest absolute Gasteiger partial charge is 0.337 e. The number of methoxy groups -OCH3 is 1. The fourth-order valence-electron chi connectivity index (χ4n) is 9.46. The van der Waals surface area contributed by atoms with E-state index in [2.05, 4.69) is 25.2 Å². The Hall–Kier alpha value is -4.43. The first-order valence-electron chi connectivity index (χ1n) is 29.6. The van der Waals surface area contributed by atoms with Crippen LogP contribution in [0.5, 0.6) is 0 Å². The highest BCUT2D eigenvalue weighted by molar-refractivity contribution is 5.85. The van der Waals surface area contributed by atoms with Crippen molar-refractivity contribution in [3.05, 3.63) is 120 Å². The third-order valence-corrected chi connectivity index (χ3v) is 14.2. The molecule has 0 unspecified atom stereocenters. The summed E-state index contributed by atoms with van der Waals surface area (Å²) >= 11 is 0. The summed E-state index contributed by atoms with van der Waals surface area (Å²) in [4.78, 5) is 41.8. The predicted octanol–water partition coefficient (Wildman–Crippen LogP) is 14.0.